The molecule has 2 aromatic rings. The molecule has 0 saturated carbocycles. The van der Waals surface area contributed by atoms with Gasteiger partial charge in [-0.3, -0.25) is 0 Å². The monoisotopic (exact) mass is 340 g/mol. The summed E-state index contributed by atoms with van der Waals surface area (Å²) in [7, 11) is -2.54. The van der Waals surface area contributed by atoms with E-state index in [1.54, 1.807) is 6.08 Å². The van der Waals surface area contributed by atoms with Gasteiger partial charge in [0, 0.05) is 0 Å². The molecule has 0 spiro atoms. The van der Waals surface area contributed by atoms with E-state index in [-0.39, 0.29) is 5.04 Å². The van der Waals surface area contributed by atoms with Crippen LogP contribution >= 0.6 is 0 Å². The molecule has 0 aliphatic rings. The van der Waals surface area contributed by atoms with Crippen molar-refractivity contribution in [2.45, 2.75) is 38.3 Å². The van der Waals surface area contributed by atoms with E-state index < -0.39 is 14.4 Å². The van der Waals surface area contributed by atoms with Crippen LogP contribution in [0.1, 0.15) is 27.2 Å². The highest BCUT2D eigenvalue weighted by Crippen LogP contribution is 2.36. The fourth-order valence-electron chi connectivity index (χ4n) is 3.24. The summed E-state index contributed by atoms with van der Waals surface area (Å²) in [6.07, 6.45) is 1.75. The topological polar surface area (TPSA) is 29.5 Å². The van der Waals surface area contributed by atoms with Crippen molar-refractivity contribution in [2.75, 3.05) is 6.61 Å². The molecule has 0 amide bonds. The number of aliphatic hydroxyl groups excluding tert-OH is 1. The zero-order valence-electron chi connectivity index (χ0n) is 14.9. The molecule has 0 unspecified atom stereocenters. The lowest BCUT2D eigenvalue weighted by atomic mass is 10.2. The van der Waals surface area contributed by atoms with Crippen LogP contribution in [0.3, 0.4) is 0 Å². The van der Waals surface area contributed by atoms with Gasteiger partial charge in [-0.05, 0) is 21.8 Å². The minimum Gasteiger partial charge on any atom is -0.405 e. The molecule has 0 radical (unpaired) electrons. The zero-order valence-corrected chi connectivity index (χ0v) is 15.9. The maximum Gasteiger partial charge on any atom is 0.261 e. The Morgan fingerprint density at radius 3 is 1.83 bits per heavy atom. The summed E-state index contributed by atoms with van der Waals surface area (Å²) in [5, 5.41) is 12.6. The molecular formula is C21H28O2Si. The number of rotatable bonds is 7. The number of benzene rings is 2. The van der Waals surface area contributed by atoms with E-state index in [0.717, 1.165) is 0 Å². The van der Waals surface area contributed by atoms with Gasteiger partial charge >= 0.3 is 0 Å². The molecular weight excluding hydrogens is 312 g/mol. The Morgan fingerprint density at radius 2 is 1.46 bits per heavy atom. The van der Waals surface area contributed by atoms with Crippen LogP contribution in [0.2, 0.25) is 5.04 Å². The molecule has 2 nitrogen and oxygen atoms in total. The first-order valence-electron chi connectivity index (χ1n) is 8.46. The first-order valence-corrected chi connectivity index (χ1v) is 10.4. The highest BCUT2D eigenvalue weighted by Gasteiger charge is 2.50. The summed E-state index contributed by atoms with van der Waals surface area (Å²) in [4.78, 5) is 0. The predicted octanol–water partition coefficient (Wildman–Crippen LogP) is 3.50. The van der Waals surface area contributed by atoms with E-state index in [2.05, 4.69) is 75.9 Å². The van der Waals surface area contributed by atoms with Gasteiger partial charge in [0.2, 0.25) is 0 Å². The van der Waals surface area contributed by atoms with Crippen LogP contribution < -0.4 is 10.4 Å². The van der Waals surface area contributed by atoms with Gasteiger partial charge < -0.3 is 9.53 Å². The van der Waals surface area contributed by atoms with Crippen LogP contribution in [0.25, 0.3) is 0 Å². The van der Waals surface area contributed by atoms with Crippen molar-refractivity contribution in [3.05, 3.63) is 73.3 Å². The van der Waals surface area contributed by atoms with Crippen LogP contribution in [0.15, 0.2) is 73.3 Å². The fraction of sp³-hybridized carbons (Fsp3) is 0.333. The highest BCUT2D eigenvalue weighted by molar-refractivity contribution is 6.99. The van der Waals surface area contributed by atoms with Crippen molar-refractivity contribution in [2.24, 2.45) is 0 Å². The van der Waals surface area contributed by atoms with Crippen LogP contribution in [-0.2, 0) is 4.43 Å². The van der Waals surface area contributed by atoms with Gasteiger partial charge in [0.1, 0.15) is 0 Å². The summed E-state index contributed by atoms with van der Waals surface area (Å²) in [5.41, 5.74) is 0. The number of aliphatic hydroxyl groups is 1. The molecule has 0 aliphatic heterocycles. The smallest absolute Gasteiger partial charge is 0.261 e. The van der Waals surface area contributed by atoms with Gasteiger partial charge in [-0.25, -0.2) is 0 Å². The lowest BCUT2D eigenvalue weighted by Gasteiger charge is -2.43. The predicted molar refractivity (Wildman–Crippen MR) is 104 cm³/mol. The van der Waals surface area contributed by atoms with Gasteiger partial charge in [0.05, 0.1) is 12.7 Å². The van der Waals surface area contributed by atoms with Crippen molar-refractivity contribution in [3.63, 3.8) is 0 Å². The van der Waals surface area contributed by atoms with Crippen molar-refractivity contribution in [3.8, 4) is 0 Å². The Balaban J connectivity index is 2.55. The Morgan fingerprint density at radius 1 is 1.00 bits per heavy atom. The van der Waals surface area contributed by atoms with Gasteiger partial charge in [-0.15, -0.1) is 6.58 Å². The molecule has 1 atom stereocenters. The third kappa shape index (κ3) is 3.86. The summed E-state index contributed by atoms with van der Waals surface area (Å²) >= 11 is 0. The normalized spacial score (nSPS) is 13.5. The van der Waals surface area contributed by atoms with Crippen LogP contribution in [0.5, 0.6) is 0 Å². The second kappa shape index (κ2) is 7.93. The molecule has 0 aromatic heterocycles. The molecule has 3 heteroatoms. The summed E-state index contributed by atoms with van der Waals surface area (Å²) < 4.78 is 6.62. The fourth-order valence-corrected chi connectivity index (χ4v) is 7.84. The Kier molecular flexibility index (Phi) is 6.16. The second-order valence-electron chi connectivity index (χ2n) is 7.15. The Labute approximate surface area is 146 Å². The highest BCUT2D eigenvalue weighted by atomic mass is 28.4. The number of hydrogen-bond acceptors (Lipinski definition) is 2. The molecule has 128 valence electrons. The third-order valence-corrected chi connectivity index (χ3v) is 9.35. The Bertz CT molecular complexity index is 592. The summed E-state index contributed by atoms with van der Waals surface area (Å²) in [6.45, 7) is 10.7. The van der Waals surface area contributed by atoms with Crippen molar-refractivity contribution in [1.82, 2.24) is 0 Å². The van der Waals surface area contributed by atoms with Gasteiger partial charge in [0.25, 0.3) is 8.32 Å². The molecule has 0 fully saturated rings. The minimum absolute atomic E-state index is 0.0659. The largest absolute Gasteiger partial charge is 0.405 e. The standard InChI is InChI=1S/C21H28O2Si/c1-5-12-18(22)17-23-24(21(2,3)4,19-13-8-6-9-14-19)20-15-10-7-11-16-20/h5-11,13-16,18,22H,1,12,17H2,2-4H3/t18-/m1/s1. The molecule has 24 heavy (non-hydrogen) atoms. The molecule has 2 rings (SSSR count). The third-order valence-electron chi connectivity index (χ3n) is 4.35. The van der Waals surface area contributed by atoms with Crippen LogP contribution in [-0.4, -0.2) is 26.1 Å². The molecule has 0 heterocycles. The maximum absolute atomic E-state index is 10.2. The summed E-state index contributed by atoms with van der Waals surface area (Å²) in [5.74, 6) is 0. The lowest BCUT2D eigenvalue weighted by molar-refractivity contribution is 0.105. The Hall–Kier alpha value is -1.68. The number of hydrogen-bond donors (Lipinski definition) is 1. The van der Waals surface area contributed by atoms with Gasteiger partial charge in [-0.1, -0.05) is 87.5 Å². The second-order valence-corrected chi connectivity index (χ2v) is 11.5. The van der Waals surface area contributed by atoms with E-state index in [1.807, 2.05) is 12.1 Å². The lowest BCUT2D eigenvalue weighted by Crippen LogP contribution is -2.67. The van der Waals surface area contributed by atoms with Gasteiger partial charge in [0.15, 0.2) is 0 Å². The molecule has 0 bridgehead atoms. The van der Waals surface area contributed by atoms with Crippen LogP contribution in [0, 0.1) is 0 Å². The average molecular weight is 341 g/mol. The molecule has 2 aromatic carbocycles. The van der Waals surface area contributed by atoms with E-state index >= 15 is 0 Å². The van der Waals surface area contributed by atoms with E-state index in [4.69, 9.17) is 4.43 Å². The van der Waals surface area contributed by atoms with E-state index in [1.165, 1.54) is 10.4 Å². The van der Waals surface area contributed by atoms with Crippen molar-refractivity contribution < 1.29 is 9.53 Å². The molecule has 1 N–H and O–H groups in total. The average Bonchev–Trinajstić information content (AvgIpc) is 2.56. The summed E-state index contributed by atoms with van der Waals surface area (Å²) in [6, 6.07) is 20.9. The quantitative estimate of drug-likeness (QED) is 0.617. The zero-order chi connectivity index (χ0) is 17.6. The SMILES string of the molecule is C=CC[C@@H](O)CO[Si](c1ccccc1)(c1ccccc1)C(C)(C)C. The first kappa shape index (κ1) is 18.7. The molecule has 0 aliphatic carbocycles. The van der Waals surface area contributed by atoms with Crippen molar-refractivity contribution in [1.29, 1.82) is 0 Å². The maximum atomic E-state index is 10.2. The first-order chi connectivity index (χ1) is 11.4. The minimum atomic E-state index is -2.54. The van der Waals surface area contributed by atoms with Crippen molar-refractivity contribution >= 4 is 18.7 Å². The van der Waals surface area contributed by atoms with E-state index in [9.17, 15) is 5.11 Å². The molecule has 0 saturated heterocycles. The van der Waals surface area contributed by atoms with Crippen LogP contribution in [0.4, 0.5) is 0 Å². The van der Waals surface area contributed by atoms with E-state index in [0.29, 0.717) is 13.0 Å². The van der Waals surface area contributed by atoms with Gasteiger partial charge in [-0.2, -0.15) is 0 Å².